The van der Waals surface area contributed by atoms with Gasteiger partial charge in [0.2, 0.25) is 21.8 Å². The Bertz CT molecular complexity index is 1200. The van der Waals surface area contributed by atoms with Gasteiger partial charge in [0, 0.05) is 17.5 Å². The first-order chi connectivity index (χ1) is 19.1. The van der Waals surface area contributed by atoms with E-state index in [1.54, 1.807) is 24.3 Å². The zero-order chi connectivity index (χ0) is 28.7. The quantitative estimate of drug-likeness (QED) is 0.288. The molecule has 13 heteroatoms. The minimum Gasteiger partial charge on any atom is -0.445 e. The van der Waals surface area contributed by atoms with Crippen molar-refractivity contribution >= 4 is 45.4 Å². The molecule has 3 fully saturated rings. The summed E-state index contributed by atoms with van der Waals surface area (Å²) in [5.74, 6) is -2.13. The number of carbonyl (C=O) groups is 4. The van der Waals surface area contributed by atoms with Crippen LogP contribution >= 0.6 is 11.6 Å². The fourth-order valence-electron chi connectivity index (χ4n) is 5.28. The monoisotopic (exact) mass is 596 g/mol. The number of ether oxygens (including phenoxy) is 1. The van der Waals surface area contributed by atoms with E-state index in [4.69, 9.17) is 16.3 Å². The molecule has 40 heavy (non-hydrogen) atoms. The van der Waals surface area contributed by atoms with Crippen LogP contribution in [0.25, 0.3) is 0 Å². The van der Waals surface area contributed by atoms with Crippen LogP contribution in [0.3, 0.4) is 0 Å². The van der Waals surface area contributed by atoms with E-state index in [0.29, 0.717) is 42.8 Å². The molecule has 1 aliphatic heterocycles. The van der Waals surface area contributed by atoms with E-state index in [1.807, 2.05) is 0 Å². The second-order valence-corrected chi connectivity index (χ2v) is 13.3. The highest BCUT2D eigenvalue weighted by Crippen LogP contribution is 2.29. The first-order valence-electron chi connectivity index (χ1n) is 13.9. The van der Waals surface area contributed by atoms with Gasteiger partial charge in [-0.25, -0.2) is 13.2 Å². The lowest BCUT2D eigenvalue weighted by molar-refractivity contribution is -0.130. The zero-order valence-corrected chi connectivity index (χ0v) is 23.9. The molecule has 0 spiro atoms. The van der Waals surface area contributed by atoms with Crippen molar-refractivity contribution in [2.75, 3.05) is 6.54 Å². The molecule has 11 nitrogen and oxygen atoms in total. The molecular weight excluding hydrogens is 560 g/mol. The minimum absolute atomic E-state index is 0.0506. The molecule has 2 saturated carbocycles. The topological polar surface area (TPSA) is 160 Å². The van der Waals surface area contributed by atoms with Crippen molar-refractivity contribution in [2.45, 2.75) is 88.1 Å². The van der Waals surface area contributed by atoms with Gasteiger partial charge < -0.3 is 20.7 Å². The average Bonchev–Trinajstić information content (AvgIpc) is 3.71. The molecule has 1 heterocycles. The van der Waals surface area contributed by atoms with Crippen molar-refractivity contribution in [3.05, 3.63) is 34.9 Å². The summed E-state index contributed by atoms with van der Waals surface area (Å²) in [6, 6.07) is 4.57. The lowest BCUT2D eigenvalue weighted by Gasteiger charge is -2.28. The molecular formula is C27H37ClN4O7S. The van der Waals surface area contributed by atoms with Crippen LogP contribution in [-0.2, 0) is 35.8 Å². The van der Waals surface area contributed by atoms with Gasteiger partial charge in [0.25, 0.3) is 5.91 Å². The van der Waals surface area contributed by atoms with Gasteiger partial charge in [-0.1, -0.05) is 55.8 Å². The third-order valence-corrected chi connectivity index (χ3v) is 9.75. The van der Waals surface area contributed by atoms with E-state index in [-0.39, 0.29) is 24.9 Å². The number of carbonyl (C=O) groups excluding carboxylic acids is 4. The van der Waals surface area contributed by atoms with Crippen LogP contribution in [0.1, 0.15) is 69.8 Å². The number of hydrogen-bond donors (Lipinski definition) is 4. The summed E-state index contributed by atoms with van der Waals surface area (Å²) in [6.45, 7) is 0.390. The molecule has 2 aliphatic carbocycles. The van der Waals surface area contributed by atoms with Crippen LogP contribution in [0.15, 0.2) is 24.3 Å². The summed E-state index contributed by atoms with van der Waals surface area (Å²) < 4.78 is 32.3. The summed E-state index contributed by atoms with van der Waals surface area (Å²) in [5.41, 5.74) is 0.680. The zero-order valence-electron chi connectivity index (χ0n) is 22.3. The highest BCUT2D eigenvalue weighted by molar-refractivity contribution is 7.90. The van der Waals surface area contributed by atoms with E-state index in [9.17, 15) is 27.6 Å². The Balaban J connectivity index is 1.45. The fraction of sp³-hybridized carbons (Fsp3) is 0.630. The number of benzene rings is 1. The van der Waals surface area contributed by atoms with Gasteiger partial charge in [0.05, 0.1) is 5.25 Å². The van der Waals surface area contributed by atoms with Crippen LogP contribution in [0.2, 0.25) is 5.02 Å². The number of sulfonamides is 1. The van der Waals surface area contributed by atoms with Crippen LogP contribution in [-0.4, -0.2) is 56.1 Å². The molecule has 0 radical (unpaired) electrons. The Morgan fingerprint density at radius 1 is 0.975 bits per heavy atom. The molecule has 4 amide bonds. The maximum absolute atomic E-state index is 13.5. The smallest absolute Gasteiger partial charge is 0.408 e. The van der Waals surface area contributed by atoms with Gasteiger partial charge in [-0.15, -0.1) is 0 Å². The third-order valence-electron chi connectivity index (χ3n) is 7.68. The number of alkyl carbamates (subject to hydrolysis) is 1. The van der Waals surface area contributed by atoms with Gasteiger partial charge in [-0.2, -0.15) is 0 Å². The second-order valence-electron chi connectivity index (χ2n) is 10.9. The van der Waals surface area contributed by atoms with Crippen molar-refractivity contribution in [2.24, 2.45) is 11.8 Å². The summed E-state index contributed by atoms with van der Waals surface area (Å²) in [5, 5.41) is 7.84. The molecule has 220 valence electrons. The second kappa shape index (κ2) is 13.7. The maximum Gasteiger partial charge on any atom is 0.408 e. The normalized spacial score (nSPS) is 21.1. The Hall–Kier alpha value is -2.86. The summed E-state index contributed by atoms with van der Waals surface area (Å²) >= 11 is 5.99. The summed E-state index contributed by atoms with van der Waals surface area (Å²) in [4.78, 5) is 51.5. The van der Waals surface area contributed by atoms with Crippen LogP contribution in [0.4, 0.5) is 4.79 Å². The Kier molecular flexibility index (Phi) is 10.3. The molecule has 3 aliphatic rings. The van der Waals surface area contributed by atoms with Crippen LogP contribution in [0, 0.1) is 11.8 Å². The van der Waals surface area contributed by atoms with Crippen molar-refractivity contribution in [3.63, 3.8) is 0 Å². The van der Waals surface area contributed by atoms with E-state index in [0.717, 1.165) is 32.1 Å². The van der Waals surface area contributed by atoms with Gasteiger partial charge in [0.15, 0.2) is 0 Å². The molecule has 4 rings (SSSR count). The van der Waals surface area contributed by atoms with Crippen molar-refractivity contribution in [1.82, 2.24) is 20.7 Å². The Morgan fingerprint density at radius 2 is 1.70 bits per heavy atom. The van der Waals surface area contributed by atoms with E-state index >= 15 is 0 Å². The van der Waals surface area contributed by atoms with Crippen molar-refractivity contribution in [3.8, 4) is 0 Å². The van der Waals surface area contributed by atoms with Gasteiger partial charge >= 0.3 is 6.09 Å². The molecule has 0 aromatic heterocycles. The van der Waals surface area contributed by atoms with Crippen LogP contribution in [0.5, 0.6) is 0 Å². The summed E-state index contributed by atoms with van der Waals surface area (Å²) in [7, 11) is -3.86. The molecule has 4 N–H and O–H groups in total. The molecule has 1 aromatic rings. The van der Waals surface area contributed by atoms with Gasteiger partial charge in [-0.05, 0) is 55.7 Å². The van der Waals surface area contributed by atoms with Crippen molar-refractivity contribution < 1.29 is 32.3 Å². The van der Waals surface area contributed by atoms with Crippen LogP contribution < -0.4 is 20.7 Å². The minimum atomic E-state index is -3.86. The predicted molar refractivity (Wildman–Crippen MR) is 148 cm³/mol. The lowest BCUT2D eigenvalue weighted by Crippen LogP contribution is -2.55. The molecule has 3 atom stereocenters. The highest BCUT2D eigenvalue weighted by atomic mass is 35.5. The van der Waals surface area contributed by atoms with Gasteiger partial charge in [-0.3, -0.25) is 19.1 Å². The molecule has 0 bridgehead atoms. The maximum atomic E-state index is 13.5. The highest BCUT2D eigenvalue weighted by Gasteiger charge is 2.40. The Labute approximate surface area is 239 Å². The standard InChI is InChI=1S/C27H37ClN4O7S/c28-20-8-4-7-18(13-20)16-39-27(36)31-22(14-17-5-2-1-3-6-17)25(34)30-23(15-19-11-12-29-24(19)33)26(35)32-40(37,38)21-9-10-21/h4,7-8,13,17,19,21-23H,1-3,5-6,9-12,14-16H2,(H,29,33)(H,30,34)(H,31,36)(H,32,35)/t19-,22+,23+/m0/s1. The Morgan fingerprint density at radius 3 is 2.35 bits per heavy atom. The first-order valence-corrected chi connectivity index (χ1v) is 15.8. The van der Waals surface area contributed by atoms with E-state index in [2.05, 4.69) is 20.7 Å². The number of nitrogens with one attached hydrogen (secondary N) is 4. The van der Waals surface area contributed by atoms with E-state index in [1.165, 1.54) is 0 Å². The SMILES string of the molecule is O=C(N[C@H](CC1CCCCC1)C(=O)N[C@H](C[C@@H]1CCNC1=O)C(=O)NS(=O)(=O)C1CC1)OCc1cccc(Cl)c1. The fourth-order valence-corrected chi connectivity index (χ4v) is 6.84. The third kappa shape index (κ3) is 8.82. The predicted octanol–water partition coefficient (Wildman–Crippen LogP) is 2.52. The number of halogens is 1. The largest absolute Gasteiger partial charge is 0.445 e. The molecule has 0 unspecified atom stereocenters. The van der Waals surface area contributed by atoms with Crippen molar-refractivity contribution in [1.29, 1.82) is 0 Å². The lowest BCUT2D eigenvalue weighted by atomic mass is 9.84. The average molecular weight is 597 g/mol. The molecule has 1 aromatic carbocycles. The van der Waals surface area contributed by atoms with Gasteiger partial charge in [0.1, 0.15) is 18.7 Å². The van der Waals surface area contributed by atoms with E-state index < -0.39 is 51.2 Å². The molecule has 1 saturated heterocycles. The summed E-state index contributed by atoms with van der Waals surface area (Å²) in [6.07, 6.45) is 5.88. The number of amides is 4. The number of rotatable bonds is 12. The number of hydrogen-bond acceptors (Lipinski definition) is 7. The first kappa shape index (κ1) is 30.1.